The van der Waals surface area contributed by atoms with Crippen molar-refractivity contribution in [2.24, 2.45) is 0 Å². The minimum Gasteiger partial charge on any atom is -0.468 e. The van der Waals surface area contributed by atoms with Gasteiger partial charge in [-0.1, -0.05) is 35.5 Å². The zero-order valence-electron chi connectivity index (χ0n) is 18.5. The molecule has 1 fully saturated rings. The SMILES string of the molecule is CCOCC(O)CN(Cc1ccco1)Cc1c(-c2ccccc2)noc1N1CCOCC1. The highest BCUT2D eigenvalue weighted by Gasteiger charge is 2.26. The average molecular weight is 442 g/mol. The molecule has 0 bridgehead atoms. The molecule has 32 heavy (non-hydrogen) atoms. The Bertz CT molecular complexity index is 923. The molecule has 0 aliphatic carbocycles. The van der Waals surface area contributed by atoms with Crippen molar-refractivity contribution in [1.82, 2.24) is 10.1 Å². The topological polar surface area (TPSA) is 84.3 Å². The van der Waals surface area contributed by atoms with Gasteiger partial charge in [-0.15, -0.1) is 0 Å². The van der Waals surface area contributed by atoms with Gasteiger partial charge in [-0.05, 0) is 19.1 Å². The highest BCUT2D eigenvalue weighted by atomic mass is 16.5. The van der Waals surface area contributed by atoms with Crippen molar-refractivity contribution in [3.05, 3.63) is 60.1 Å². The lowest BCUT2D eigenvalue weighted by atomic mass is 10.1. The van der Waals surface area contributed by atoms with Crippen molar-refractivity contribution in [3.8, 4) is 11.3 Å². The van der Waals surface area contributed by atoms with E-state index in [4.69, 9.17) is 18.4 Å². The van der Waals surface area contributed by atoms with Crippen LogP contribution in [-0.2, 0) is 22.6 Å². The normalized spacial score (nSPS) is 15.4. The average Bonchev–Trinajstić information content (AvgIpc) is 3.49. The van der Waals surface area contributed by atoms with Crippen LogP contribution in [-0.4, -0.2) is 67.3 Å². The Labute approximate surface area is 188 Å². The molecule has 0 saturated carbocycles. The smallest absolute Gasteiger partial charge is 0.232 e. The van der Waals surface area contributed by atoms with Crippen LogP contribution in [0.4, 0.5) is 5.88 Å². The molecule has 1 aliphatic heterocycles. The fourth-order valence-electron chi connectivity index (χ4n) is 3.92. The Morgan fingerprint density at radius 1 is 1.12 bits per heavy atom. The van der Waals surface area contributed by atoms with Crippen molar-refractivity contribution in [2.45, 2.75) is 26.1 Å². The van der Waals surface area contributed by atoms with E-state index in [2.05, 4.69) is 15.0 Å². The number of nitrogens with zero attached hydrogens (tertiary/aromatic N) is 3. The second-order valence-corrected chi connectivity index (χ2v) is 7.84. The molecule has 0 radical (unpaired) electrons. The largest absolute Gasteiger partial charge is 0.468 e. The van der Waals surface area contributed by atoms with E-state index in [1.165, 1.54) is 0 Å². The summed E-state index contributed by atoms with van der Waals surface area (Å²) in [6.45, 7) is 7.13. The number of aromatic nitrogens is 1. The van der Waals surface area contributed by atoms with Gasteiger partial charge >= 0.3 is 0 Å². The van der Waals surface area contributed by atoms with Gasteiger partial charge in [-0.2, -0.15) is 0 Å². The maximum absolute atomic E-state index is 10.5. The molecule has 0 amide bonds. The predicted molar refractivity (Wildman–Crippen MR) is 120 cm³/mol. The molecule has 1 atom stereocenters. The van der Waals surface area contributed by atoms with E-state index in [0.717, 1.165) is 41.6 Å². The highest BCUT2D eigenvalue weighted by Crippen LogP contribution is 2.33. The third-order valence-electron chi connectivity index (χ3n) is 5.44. The van der Waals surface area contributed by atoms with Crippen LogP contribution in [0.15, 0.2) is 57.7 Å². The molecule has 8 nitrogen and oxygen atoms in total. The summed E-state index contributed by atoms with van der Waals surface area (Å²) in [6.07, 6.45) is 1.05. The van der Waals surface area contributed by atoms with E-state index in [0.29, 0.717) is 39.5 Å². The highest BCUT2D eigenvalue weighted by molar-refractivity contribution is 5.68. The maximum Gasteiger partial charge on any atom is 0.232 e. The van der Waals surface area contributed by atoms with Crippen LogP contribution in [0.2, 0.25) is 0 Å². The van der Waals surface area contributed by atoms with E-state index in [1.54, 1.807) is 6.26 Å². The van der Waals surface area contributed by atoms with Crippen LogP contribution in [0.1, 0.15) is 18.2 Å². The number of hydrogen-bond acceptors (Lipinski definition) is 8. The lowest BCUT2D eigenvalue weighted by Gasteiger charge is -2.29. The van der Waals surface area contributed by atoms with Gasteiger partial charge in [-0.25, -0.2) is 0 Å². The molecule has 1 aliphatic rings. The Morgan fingerprint density at radius 3 is 2.66 bits per heavy atom. The number of morpholine rings is 1. The van der Waals surface area contributed by atoms with E-state index in [1.807, 2.05) is 49.4 Å². The minimum atomic E-state index is -0.614. The Balaban J connectivity index is 1.63. The van der Waals surface area contributed by atoms with Crippen LogP contribution in [0.5, 0.6) is 0 Å². The van der Waals surface area contributed by atoms with Gasteiger partial charge in [0.05, 0.1) is 44.3 Å². The number of furan rings is 1. The van der Waals surface area contributed by atoms with Gasteiger partial charge in [0.1, 0.15) is 11.5 Å². The second-order valence-electron chi connectivity index (χ2n) is 7.84. The first-order valence-electron chi connectivity index (χ1n) is 11.1. The van der Waals surface area contributed by atoms with E-state index >= 15 is 0 Å². The third-order valence-corrected chi connectivity index (χ3v) is 5.44. The van der Waals surface area contributed by atoms with Crippen LogP contribution < -0.4 is 4.90 Å². The molecule has 1 unspecified atom stereocenters. The number of benzene rings is 1. The molecule has 1 aromatic carbocycles. The molecule has 8 heteroatoms. The monoisotopic (exact) mass is 441 g/mol. The summed E-state index contributed by atoms with van der Waals surface area (Å²) in [5.74, 6) is 1.59. The van der Waals surface area contributed by atoms with Gasteiger partial charge in [-0.3, -0.25) is 4.90 Å². The third kappa shape index (κ3) is 5.77. The van der Waals surface area contributed by atoms with Gasteiger partial charge in [0, 0.05) is 38.3 Å². The summed E-state index contributed by atoms with van der Waals surface area (Å²) >= 11 is 0. The molecule has 1 saturated heterocycles. The van der Waals surface area contributed by atoms with E-state index in [-0.39, 0.29) is 6.61 Å². The first kappa shape index (κ1) is 22.5. The lowest BCUT2D eigenvalue weighted by Crippen LogP contribution is -2.38. The van der Waals surface area contributed by atoms with Crippen LogP contribution >= 0.6 is 0 Å². The molecular formula is C24H31N3O5. The minimum absolute atomic E-state index is 0.288. The summed E-state index contributed by atoms with van der Waals surface area (Å²) in [5, 5.41) is 15.0. The first-order chi connectivity index (χ1) is 15.7. The fraction of sp³-hybridized carbons (Fsp3) is 0.458. The fourth-order valence-corrected chi connectivity index (χ4v) is 3.92. The molecule has 3 heterocycles. The molecule has 2 aromatic heterocycles. The maximum atomic E-state index is 10.5. The molecular weight excluding hydrogens is 410 g/mol. The van der Waals surface area contributed by atoms with Crippen molar-refractivity contribution in [2.75, 3.05) is 51.0 Å². The number of aliphatic hydroxyl groups excluding tert-OH is 1. The predicted octanol–water partition coefficient (Wildman–Crippen LogP) is 3.17. The summed E-state index contributed by atoms with van der Waals surface area (Å²) in [7, 11) is 0. The molecule has 0 spiro atoms. The van der Waals surface area contributed by atoms with Gasteiger partial charge < -0.3 is 28.4 Å². The Morgan fingerprint density at radius 2 is 1.94 bits per heavy atom. The molecule has 4 rings (SSSR count). The lowest BCUT2D eigenvalue weighted by molar-refractivity contribution is 0.0168. The van der Waals surface area contributed by atoms with Crippen LogP contribution in [0.3, 0.4) is 0 Å². The molecule has 1 N–H and O–H groups in total. The van der Waals surface area contributed by atoms with Gasteiger partial charge in [0.25, 0.3) is 0 Å². The van der Waals surface area contributed by atoms with Crippen molar-refractivity contribution >= 4 is 5.88 Å². The van der Waals surface area contributed by atoms with Crippen LogP contribution in [0.25, 0.3) is 11.3 Å². The number of rotatable bonds is 11. The number of aliphatic hydroxyl groups is 1. The number of anilines is 1. The Kier molecular flexibility index (Phi) is 7.95. The summed E-state index contributed by atoms with van der Waals surface area (Å²) in [4.78, 5) is 4.32. The summed E-state index contributed by atoms with van der Waals surface area (Å²) in [6, 6.07) is 13.9. The number of hydrogen-bond donors (Lipinski definition) is 1. The second kappa shape index (κ2) is 11.3. The van der Waals surface area contributed by atoms with E-state index in [9.17, 15) is 5.11 Å². The van der Waals surface area contributed by atoms with Gasteiger partial charge in [0.15, 0.2) is 0 Å². The Hall–Kier alpha value is -2.65. The van der Waals surface area contributed by atoms with Crippen molar-refractivity contribution in [1.29, 1.82) is 0 Å². The van der Waals surface area contributed by atoms with Gasteiger partial charge in [0.2, 0.25) is 5.88 Å². The summed E-state index contributed by atoms with van der Waals surface area (Å²) < 4.78 is 22.4. The molecule has 3 aromatic rings. The zero-order chi connectivity index (χ0) is 22.2. The standard InChI is InChI=1S/C24H31N3O5/c1-2-29-18-20(28)15-26(16-21-9-6-12-31-21)17-22-23(19-7-4-3-5-8-19)25-32-24(22)27-10-13-30-14-11-27/h3-9,12,20,28H,2,10-11,13-18H2,1H3. The number of ether oxygens (including phenoxy) is 2. The summed E-state index contributed by atoms with van der Waals surface area (Å²) in [5.41, 5.74) is 2.81. The zero-order valence-corrected chi connectivity index (χ0v) is 18.5. The first-order valence-corrected chi connectivity index (χ1v) is 11.1. The molecule has 172 valence electrons. The quantitative estimate of drug-likeness (QED) is 0.486. The van der Waals surface area contributed by atoms with Crippen molar-refractivity contribution < 1.29 is 23.5 Å². The van der Waals surface area contributed by atoms with E-state index < -0.39 is 6.10 Å². The van der Waals surface area contributed by atoms with Crippen molar-refractivity contribution in [3.63, 3.8) is 0 Å². The van der Waals surface area contributed by atoms with Crippen LogP contribution in [0, 0.1) is 0 Å².